The quantitative estimate of drug-likeness (QED) is 0.657. The highest BCUT2D eigenvalue weighted by Gasteiger charge is 2.11. The highest BCUT2D eigenvalue weighted by atomic mass is 32.2. The van der Waals surface area contributed by atoms with Crippen LogP contribution in [0.25, 0.3) is 0 Å². The summed E-state index contributed by atoms with van der Waals surface area (Å²) in [6.07, 6.45) is 1.98. The topological polar surface area (TPSA) is 61.8 Å². The zero-order chi connectivity index (χ0) is 14.5. The largest absolute Gasteiger partial charge is 0.399 e. The Kier molecular flexibility index (Phi) is 4.54. The van der Waals surface area contributed by atoms with E-state index in [1.165, 1.54) is 0 Å². The molecule has 0 fully saturated rings. The molecule has 2 aromatic rings. The van der Waals surface area contributed by atoms with Crippen LogP contribution in [-0.2, 0) is 0 Å². The Morgan fingerprint density at radius 1 is 1.20 bits per heavy atom. The molecule has 102 valence electrons. The molecule has 0 saturated carbocycles. The number of nitrogens with zero attached hydrogens (tertiary/aromatic N) is 1. The Morgan fingerprint density at radius 2 is 1.90 bits per heavy atom. The lowest BCUT2D eigenvalue weighted by molar-refractivity contribution is 0.883. The van der Waals surface area contributed by atoms with Gasteiger partial charge in [-0.3, -0.25) is 0 Å². The highest BCUT2D eigenvalue weighted by Crippen LogP contribution is 2.29. The van der Waals surface area contributed by atoms with Crippen LogP contribution in [0.4, 0.5) is 11.4 Å². The molecule has 0 aliphatic carbocycles. The molecule has 2 aromatic carbocycles. The number of rotatable bonds is 4. The minimum absolute atomic E-state index is 0.111. The maximum absolute atomic E-state index is 9.33. The molecule has 1 unspecified atom stereocenters. The first-order valence-electron chi connectivity index (χ1n) is 6.34. The van der Waals surface area contributed by atoms with E-state index in [1.807, 2.05) is 48.7 Å². The fraction of sp³-hybridized carbons (Fsp3) is 0.188. The highest BCUT2D eigenvalue weighted by molar-refractivity contribution is 7.98. The van der Waals surface area contributed by atoms with E-state index in [-0.39, 0.29) is 6.04 Å². The lowest BCUT2D eigenvalue weighted by atomic mass is 10.1. The minimum Gasteiger partial charge on any atom is -0.399 e. The zero-order valence-electron chi connectivity index (χ0n) is 11.6. The summed E-state index contributed by atoms with van der Waals surface area (Å²) in [5.41, 5.74) is 9.15. The van der Waals surface area contributed by atoms with Gasteiger partial charge in [0.2, 0.25) is 0 Å². The second-order valence-electron chi connectivity index (χ2n) is 4.53. The van der Waals surface area contributed by atoms with Gasteiger partial charge >= 0.3 is 0 Å². The monoisotopic (exact) mass is 283 g/mol. The molecule has 0 saturated heterocycles. The van der Waals surface area contributed by atoms with Crippen molar-refractivity contribution in [1.29, 1.82) is 5.26 Å². The van der Waals surface area contributed by atoms with E-state index in [0.29, 0.717) is 5.56 Å². The number of thioether (sulfide) groups is 1. The van der Waals surface area contributed by atoms with Gasteiger partial charge in [0.1, 0.15) is 6.07 Å². The molecule has 0 aromatic heterocycles. The summed E-state index contributed by atoms with van der Waals surface area (Å²) in [4.78, 5) is 0.988. The summed E-state index contributed by atoms with van der Waals surface area (Å²) in [6.45, 7) is 2.07. The second kappa shape index (κ2) is 6.36. The molecular weight excluding hydrogens is 266 g/mol. The number of benzene rings is 2. The van der Waals surface area contributed by atoms with Gasteiger partial charge in [0.05, 0.1) is 11.3 Å². The van der Waals surface area contributed by atoms with Gasteiger partial charge < -0.3 is 11.1 Å². The van der Waals surface area contributed by atoms with Gasteiger partial charge in [-0.05, 0) is 43.0 Å². The summed E-state index contributed by atoms with van der Waals surface area (Å²) in [5.74, 6) is 0. The van der Waals surface area contributed by atoms with Gasteiger partial charge in [-0.1, -0.05) is 18.2 Å². The third kappa shape index (κ3) is 3.06. The summed E-state index contributed by atoms with van der Waals surface area (Å²) in [6, 6.07) is 16.0. The van der Waals surface area contributed by atoms with Gasteiger partial charge in [-0.2, -0.15) is 5.26 Å². The van der Waals surface area contributed by atoms with Crippen molar-refractivity contribution < 1.29 is 0 Å². The van der Waals surface area contributed by atoms with Crippen LogP contribution in [0.2, 0.25) is 0 Å². The Labute approximate surface area is 123 Å². The van der Waals surface area contributed by atoms with Gasteiger partial charge in [-0.25, -0.2) is 0 Å². The third-order valence-corrected chi connectivity index (χ3v) is 3.95. The molecule has 0 aliphatic rings. The minimum atomic E-state index is 0.111. The van der Waals surface area contributed by atoms with Gasteiger partial charge in [0.25, 0.3) is 0 Å². The molecule has 0 radical (unpaired) electrons. The SMILES string of the molecule is CSc1cccc(NC(C)c2ccc(N)cc2)c1C#N. The van der Waals surface area contributed by atoms with E-state index in [4.69, 9.17) is 5.73 Å². The fourth-order valence-corrected chi connectivity index (χ4v) is 2.61. The molecular formula is C16H17N3S. The predicted octanol–water partition coefficient (Wildman–Crippen LogP) is 4.04. The Balaban J connectivity index is 2.26. The van der Waals surface area contributed by atoms with Crippen molar-refractivity contribution in [2.45, 2.75) is 17.9 Å². The molecule has 4 heteroatoms. The van der Waals surface area contributed by atoms with Crippen molar-refractivity contribution in [2.24, 2.45) is 0 Å². The first kappa shape index (κ1) is 14.3. The van der Waals surface area contributed by atoms with Gasteiger partial charge in [-0.15, -0.1) is 11.8 Å². The van der Waals surface area contributed by atoms with Crippen molar-refractivity contribution in [3.63, 3.8) is 0 Å². The molecule has 0 heterocycles. The van der Waals surface area contributed by atoms with Crippen molar-refractivity contribution in [2.75, 3.05) is 17.3 Å². The average Bonchev–Trinajstić information content (AvgIpc) is 2.47. The predicted molar refractivity (Wildman–Crippen MR) is 85.8 cm³/mol. The van der Waals surface area contributed by atoms with E-state index in [0.717, 1.165) is 21.8 Å². The normalized spacial score (nSPS) is 11.7. The standard InChI is InChI=1S/C16H17N3S/c1-11(12-6-8-13(18)9-7-12)19-15-4-3-5-16(20-2)14(15)10-17/h3-9,11,19H,18H2,1-2H3. The molecule has 0 aliphatic heterocycles. The zero-order valence-corrected chi connectivity index (χ0v) is 12.4. The lowest BCUT2D eigenvalue weighted by Crippen LogP contribution is -2.08. The Morgan fingerprint density at radius 3 is 2.50 bits per heavy atom. The van der Waals surface area contributed by atoms with Crippen LogP contribution in [0.1, 0.15) is 24.1 Å². The van der Waals surface area contributed by atoms with Crippen LogP contribution >= 0.6 is 11.8 Å². The van der Waals surface area contributed by atoms with Crippen molar-refractivity contribution in [3.8, 4) is 6.07 Å². The van der Waals surface area contributed by atoms with Crippen molar-refractivity contribution >= 4 is 23.1 Å². The number of nitrogen functional groups attached to an aromatic ring is 1. The molecule has 20 heavy (non-hydrogen) atoms. The molecule has 0 amide bonds. The first-order chi connectivity index (χ1) is 9.65. The van der Waals surface area contributed by atoms with E-state index >= 15 is 0 Å². The van der Waals surface area contributed by atoms with E-state index < -0.39 is 0 Å². The second-order valence-corrected chi connectivity index (χ2v) is 5.38. The van der Waals surface area contributed by atoms with E-state index in [2.05, 4.69) is 18.3 Å². The molecule has 3 N–H and O–H groups in total. The Bertz CT molecular complexity index is 629. The summed E-state index contributed by atoms with van der Waals surface area (Å²) < 4.78 is 0. The van der Waals surface area contributed by atoms with Gasteiger partial charge in [0, 0.05) is 16.6 Å². The van der Waals surface area contributed by atoms with Crippen LogP contribution < -0.4 is 11.1 Å². The molecule has 0 spiro atoms. The Hall–Kier alpha value is -2.12. The summed E-state index contributed by atoms with van der Waals surface area (Å²) in [7, 11) is 0. The van der Waals surface area contributed by atoms with Gasteiger partial charge in [0.15, 0.2) is 0 Å². The number of nitriles is 1. The van der Waals surface area contributed by atoms with E-state index in [9.17, 15) is 5.26 Å². The lowest BCUT2D eigenvalue weighted by Gasteiger charge is -2.17. The number of nitrogens with one attached hydrogen (secondary N) is 1. The summed E-state index contributed by atoms with van der Waals surface area (Å²) in [5, 5.41) is 12.7. The number of anilines is 2. The van der Waals surface area contributed by atoms with Crippen LogP contribution in [0.15, 0.2) is 47.4 Å². The molecule has 3 nitrogen and oxygen atoms in total. The molecule has 2 rings (SSSR count). The summed E-state index contributed by atoms with van der Waals surface area (Å²) >= 11 is 1.58. The number of hydrogen-bond donors (Lipinski definition) is 2. The van der Waals surface area contributed by atoms with Crippen LogP contribution in [-0.4, -0.2) is 6.26 Å². The van der Waals surface area contributed by atoms with Crippen LogP contribution in [0, 0.1) is 11.3 Å². The smallest absolute Gasteiger partial charge is 0.102 e. The van der Waals surface area contributed by atoms with E-state index in [1.54, 1.807) is 11.8 Å². The molecule has 1 atom stereocenters. The van der Waals surface area contributed by atoms with Crippen LogP contribution in [0.3, 0.4) is 0 Å². The fourth-order valence-electron chi connectivity index (χ4n) is 2.04. The maximum atomic E-state index is 9.33. The van der Waals surface area contributed by atoms with Crippen molar-refractivity contribution in [3.05, 3.63) is 53.6 Å². The average molecular weight is 283 g/mol. The number of nitrogens with two attached hydrogens (primary N) is 1. The van der Waals surface area contributed by atoms with Crippen molar-refractivity contribution in [1.82, 2.24) is 0 Å². The van der Waals surface area contributed by atoms with Crippen LogP contribution in [0.5, 0.6) is 0 Å². The maximum Gasteiger partial charge on any atom is 0.102 e. The third-order valence-electron chi connectivity index (χ3n) is 3.17. The number of hydrogen-bond acceptors (Lipinski definition) is 4. The first-order valence-corrected chi connectivity index (χ1v) is 7.57. The molecule has 0 bridgehead atoms.